The Labute approximate surface area is 163 Å². The van der Waals surface area contributed by atoms with Crippen LogP contribution in [0.5, 0.6) is 0 Å². The van der Waals surface area contributed by atoms with E-state index in [0.29, 0.717) is 0 Å². The highest BCUT2D eigenvalue weighted by molar-refractivity contribution is 6.03. The summed E-state index contributed by atoms with van der Waals surface area (Å²) in [7, 11) is 1.67. The molecule has 0 aliphatic carbocycles. The van der Waals surface area contributed by atoms with Gasteiger partial charge >= 0.3 is 0 Å². The van der Waals surface area contributed by atoms with Crippen LogP contribution in [0.4, 0.5) is 15.8 Å². The molecule has 0 unspecified atom stereocenters. The number of carbonyl (C=O) groups is 2. The summed E-state index contributed by atoms with van der Waals surface area (Å²) < 4.78 is 13.7. The molecule has 2 amide bonds. The first-order chi connectivity index (χ1) is 13.5. The maximum atomic E-state index is 13.7. The summed E-state index contributed by atoms with van der Waals surface area (Å²) in [6.07, 6.45) is 0. The zero-order chi connectivity index (χ0) is 20.1. The van der Waals surface area contributed by atoms with E-state index in [9.17, 15) is 14.0 Å². The van der Waals surface area contributed by atoms with Crippen LogP contribution in [-0.4, -0.2) is 36.3 Å². The lowest BCUT2D eigenvalue weighted by Gasteiger charge is -2.23. The number of carbonyl (C=O) groups excluding carboxylic acids is 2. The van der Waals surface area contributed by atoms with Crippen molar-refractivity contribution in [3.63, 3.8) is 0 Å². The van der Waals surface area contributed by atoms with Crippen LogP contribution in [0.2, 0.25) is 0 Å². The Morgan fingerprint density at radius 3 is 2.36 bits per heavy atom. The van der Waals surface area contributed by atoms with E-state index in [1.165, 1.54) is 12.1 Å². The van der Waals surface area contributed by atoms with Gasteiger partial charge in [-0.15, -0.1) is 0 Å². The minimum absolute atomic E-state index is 0.0229. The lowest BCUT2D eigenvalue weighted by molar-refractivity contribution is -0.122. The number of anilines is 2. The standard InChI is InChI=1S/C22H22FN3O2/c1-15(22(28)25-20-12-6-5-11-18(20)23)26(2)14-21(27)24-19-13-7-9-16-8-3-4-10-17(16)19/h3-13,15H,14H2,1-2H3,(H,24,27)(H,25,28)/t15-/m0/s1. The molecule has 0 saturated carbocycles. The molecule has 2 N–H and O–H groups in total. The van der Waals surface area contributed by atoms with Crippen molar-refractivity contribution in [3.05, 3.63) is 72.5 Å². The van der Waals surface area contributed by atoms with E-state index in [2.05, 4.69) is 10.6 Å². The average molecular weight is 379 g/mol. The molecule has 0 aromatic heterocycles. The van der Waals surface area contributed by atoms with Crippen molar-refractivity contribution in [2.75, 3.05) is 24.2 Å². The highest BCUT2D eigenvalue weighted by Crippen LogP contribution is 2.23. The molecule has 1 atom stereocenters. The predicted octanol–water partition coefficient (Wildman–Crippen LogP) is 3.88. The SMILES string of the molecule is C[C@@H](C(=O)Nc1ccccc1F)N(C)CC(=O)Nc1cccc2ccccc12. The fourth-order valence-corrected chi connectivity index (χ4v) is 2.89. The van der Waals surface area contributed by atoms with Gasteiger partial charge in [-0.2, -0.15) is 0 Å². The highest BCUT2D eigenvalue weighted by Gasteiger charge is 2.21. The highest BCUT2D eigenvalue weighted by atomic mass is 19.1. The Balaban J connectivity index is 1.61. The number of fused-ring (bicyclic) bond motifs is 1. The zero-order valence-corrected chi connectivity index (χ0v) is 15.8. The molecule has 0 bridgehead atoms. The van der Waals surface area contributed by atoms with E-state index in [4.69, 9.17) is 0 Å². The number of hydrogen-bond donors (Lipinski definition) is 2. The third kappa shape index (κ3) is 4.53. The lowest BCUT2D eigenvalue weighted by Crippen LogP contribution is -2.43. The lowest BCUT2D eigenvalue weighted by atomic mass is 10.1. The summed E-state index contributed by atoms with van der Waals surface area (Å²) >= 11 is 0. The van der Waals surface area contributed by atoms with Crippen molar-refractivity contribution in [2.24, 2.45) is 0 Å². The van der Waals surface area contributed by atoms with Gasteiger partial charge in [-0.05, 0) is 37.6 Å². The van der Waals surface area contributed by atoms with Crippen LogP contribution >= 0.6 is 0 Å². The van der Waals surface area contributed by atoms with Crippen molar-refractivity contribution in [2.45, 2.75) is 13.0 Å². The van der Waals surface area contributed by atoms with Gasteiger partial charge in [-0.3, -0.25) is 14.5 Å². The monoisotopic (exact) mass is 379 g/mol. The quantitative estimate of drug-likeness (QED) is 0.683. The van der Waals surface area contributed by atoms with Crippen molar-refractivity contribution >= 4 is 34.0 Å². The van der Waals surface area contributed by atoms with Crippen molar-refractivity contribution < 1.29 is 14.0 Å². The molecule has 3 aromatic rings. The molecule has 0 spiro atoms. The first-order valence-electron chi connectivity index (χ1n) is 8.99. The molecular weight excluding hydrogens is 357 g/mol. The molecule has 0 heterocycles. The second kappa shape index (κ2) is 8.63. The van der Waals surface area contributed by atoms with E-state index >= 15 is 0 Å². The predicted molar refractivity (Wildman–Crippen MR) is 110 cm³/mol. The van der Waals surface area contributed by atoms with E-state index in [-0.39, 0.29) is 24.0 Å². The molecule has 3 aromatic carbocycles. The normalized spacial score (nSPS) is 12.0. The van der Waals surface area contributed by atoms with Crippen LogP contribution in [0, 0.1) is 5.82 Å². The van der Waals surface area contributed by atoms with Gasteiger partial charge in [0.2, 0.25) is 11.8 Å². The van der Waals surface area contributed by atoms with Gasteiger partial charge in [0.25, 0.3) is 0 Å². The van der Waals surface area contributed by atoms with Gasteiger partial charge in [0, 0.05) is 11.1 Å². The Hall–Kier alpha value is -3.25. The van der Waals surface area contributed by atoms with E-state index < -0.39 is 11.9 Å². The number of nitrogens with one attached hydrogen (secondary N) is 2. The Morgan fingerprint density at radius 1 is 0.929 bits per heavy atom. The third-order valence-electron chi connectivity index (χ3n) is 4.63. The topological polar surface area (TPSA) is 61.4 Å². The van der Waals surface area contributed by atoms with Gasteiger partial charge < -0.3 is 10.6 Å². The summed E-state index contributed by atoms with van der Waals surface area (Å²) in [4.78, 5) is 26.4. The third-order valence-corrected chi connectivity index (χ3v) is 4.63. The number of hydrogen-bond acceptors (Lipinski definition) is 3. The van der Waals surface area contributed by atoms with Crippen LogP contribution in [0.1, 0.15) is 6.92 Å². The van der Waals surface area contributed by atoms with Gasteiger partial charge in [-0.25, -0.2) is 4.39 Å². The summed E-state index contributed by atoms with van der Waals surface area (Å²) in [6.45, 7) is 1.69. The summed E-state index contributed by atoms with van der Waals surface area (Å²) in [6, 6.07) is 18.8. The summed E-state index contributed by atoms with van der Waals surface area (Å²) in [5.74, 6) is -1.12. The molecule has 0 aliphatic heterocycles. The van der Waals surface area contributed by atoms with Gasteiger partial charge in [0.05, 0.1) is 18.3 Å². The Morgan fingerprint density at radius 2 is 1.57 bits per heavy atom. The molecule has 5 nitrogen and oxygen atoms in total. The molecule has 144 valence electrons. The van der Waals surface area contributed by atoms with Crippen molar-refractivity contribution in [1.29, 1.82) is 0 Å². The molecule has 0 saturated heterocycles. The van der Waals surface area contributed by atoms with Crippen LogP contribution < -0.4 is 10.6 Å². The minimum atomic E-state index is -0.613. The van der Waals surface area contributed by atoms with Crippen LogP contribution in [0.25, 0.3) is 10.8 Å². The number of rotatable bonds is 6. The van der Waals surface area contributed by atoms with E-state index in [0.717, 1.165) is 16.5 Å². The van der Waals surface area contributed by atoms with E-state index in [1.54, 1.807) is 31.0 Å². The number of amides is 2. The van der Waals surface area contributed by atoms with Gasteiger partial charge in [0.1, 0.15) is 5.82 Å². The van der Waals surface area contributed by atoms with Crippen LogP contribution in [-0.2, 0) is 9.59 Å². The maximum Gasteiger partial charge on any atom is 0.241 e. The molecule has 3 rings (SSSR count). The fraction of sp³-hybridized carbons (Fsp3) is 0.182. The molecule has 0 radical (unpaired) electrons. The average Bonchev–Trinajstić information content (AvgIpc) is 2.69. The van der Waals surface area contributed by atoms with Gasteiger partial charge in [0.15, 0.2) is 0 Å². The zero-order valence-electron chi connectivity index (χ0n) is 15.8. The maximum absolute atomic E-state index is 13.7. The number of benzene rings is 3. The Bertz CT molecular complexity index is 1000. The Kier molecular flexibility index (Phi) is 6.01. The second-order valence-corrected chi connectivity index (χ2v) is 6.64. The van der Waals surface area contributed by atoms with Gasteiger partial charge in [-0.1, -0.05) is 48.5 Å². The largest absolute Gasteiger partial charge is 0.324 e. The van der Waals surface area contributed by atoms with E-state index in [1.807, 2.05) is 42.5 Å². The first kappa shape index (κ1) is 19.5. The minimum Gasteiger partial charge on any atom is -0.324 e. The fourth-order valence-electron chi connectivity index (χ4n) is 2.89. The number of para-hydroxylation sites is 1. The molecular formula is C22H22FN3O2. The molecule has 6 heteroatoms. The molecule has 28 heavy (non-hydrogen) atoms. The van der Waals surface area contributed by atoms with Crippen molar-refractivity contribution in [3.8, 4) is 0 Å². The number of nitrogens with zero attached hydrogens (tertiary/aromatic N) is 1. The molecule has 0 fully saturated rings. The smallest absolute Gasteiger partial charge is 0.241 e. The molecule has 0 aliphatic rings. The first-order valence-corrected chi connectivity index (χ1v) is 8.99. The van der Waals surface area contributed by atoms with Crippen LogP contribution in [0.3, 0.4) is 0 Å². The van der Waals surface area contributed by atoms with Crippen molar-refractivity contribution in [1.82, 2.24) is 4.90 Å². The summed E-state index contributed by atoms with van der Waals surface area (Å²) in [5, 5.41) is 7.43. The number of likely N-dealkylation sites (N-methyl/N-ethyl adjacent to an activating group) is 1. The number of halogens is 1. The van der Waals surface area contributed by atoms with Crippen LogP contribution in [0.15, 0.2) is 66.7 Å². The summed E-state index contributed by atoms with van der Waals surface area (Å²) in [5.41, 5.74) is 0.841. The second-order valence-electron chi connectivity index (χ2n) is 6.64.